The first-order chi connectivity index (χ1) is 8.49. The molecular formula is C14H21N3O. The van der Waals surface area contributed by atoms with E-state index < -0.39 is 5.54 Å². The first-order valence-electron chi connectivity index (χ1n) is 6.52. The average Bonchev–Trinajstić information content (AvgIpc) is 2.28. The normalized spacial score (nSPS) is 27.8. The molecule has 98 valence electrons. The molecule has 2 rings (SSSR count). The molecular weight excluding hydrogens is 226 g/mol. The summed E-state index contributed by atoms with van der Waals surface area (Å²) in [5.41, 5.74) is 6.58. The number of hydrogen-bond donors (Lipinski definition) is 2. The summed E-state index contributed by atoms with van der Waals surface area (Å²) in [5, 5.41) is 2.84. The minimum absolute atomic E-state index is 0.104. The van der Waals surface area contributed by atoms with Gasteiger partial charge in [-0.2, -0.15) is 0 Å². The van der Waals surface area contributed by atoms with Gasteiger partial charge in [0.1, 0.15) is 5.82 Å². The van der Waals surface area contributed by atoms with E-state index >= 15 is 0 Å². The van der Waals surface area contributed by atoms with Crippen LogP contribution in [0.1, 0.15) is 38.2 Å². The maximum atomic E-state index is 12.3. The molecule has 3 N–H and O–H groups in total. The average molecular weight is 247 g/mol. The second-order valence-corrected chi connectivity index (χ2v) is 5.53. The fourth-order valence-corrected chi connectivity index (χ4v) is 2.64. The number of pyridine rings is 1. The molecule has 0 aliphatic heterocycles. The van der Waals surface area contributed by atoms with Crippen molar-refractivity contribution in [1.29, 1.82) is 0 Å². The van der Waals surface area contributed by atoms with Gasteiger partial charge in [0.25, 0.3) is 0 Å². The molecule has 1 heterocycles. The first-order valence-corrected chi connectivity index (χ1v) is 6.52. The lowest BCUT2D eigenvalue weighted by Crippen LogP contribution is -2.53. The van der Waals surface area contributed by atoms with Gasteiger partial charge in [0, 0.05) is 6.20 Å². The van der Waals surface area contributed by atoms with E-state index in [0.29, 0.717) is 11.7 Å². The first kappa shape index (κ1) is 13.0. The Kier molecular flexibility index (Phi) is 3.66. The van der Waals surface area contributed by atoms with Gasteiger partial charge in [0.05, 0.1) is 5.54 Å². The Bertz CT molecular complexity index is 446. The molecule has 0 bridgehead atoms. The zero-order valence-corrected chi connectivity index (χ0v) is 11.1. The van der Waals surface area contributed by atoms with Gasteiger partial charge in [-0.15, -0.1) is 0 Å². The fraction of sp³-hybridized carbons (Fsp3) is 0.571. The number of rotatable bonds is 2. The summed E-state index contributed by atoms with van der Waals surface area (Å²) in [5.74, 6) is 0.996. The monoisotopic (exact) mass is 247 g/mol. The Labute approximate surface area is 108 Å². The molecule has 1 aliphatic rings. The lowest BCUT2D eigenvalue weighted by atomic mass is 9.76. The highest BCUT2D eigenvalue weighted by Gasteiger charge is 2.38. The smallest absolute Gasteiger partial charge is 0.245 e. The molecule has 1 fully saturated rings. The zero-order valence-electron chi connectivity index (χ0n) is 11.1. The van der Waals surface area contributed by atoms with Gasteiger partial charge in [-0.25, -0.2) is 4.98 Å². The predicted molar refractivity (Wildman–Crippen MR) is 72.2 cm³/mol. The number of nitrogens with zero attached hydrogens (tertiary/aromatic N) is 1. The molecule has 2 unspecified atom stereocenters. The summed E-state index contributed by atoms with van der Waals surface area (Å²) < 4.78 is 0. The largest absolute Gasteiger partial charge is 0.317 e. The van der Waals surface area contributed by atoms with Crippen molar-refractivity contribution >= 4 is 11.7 Å². The highest BCUT2D eigenvalue weighted by molar-refractivity contribution is 5.97. The second kappa shape index (κ2) is 5.06. The number of amides is 1. The molecule has 1 aliphatic carbocycles. The molecule has 1 amide bonds. The van der Waals surface area contributed by atoms with E-state index in [-0.39, 0.29) is 5.91 Å². The summed E-state index contributed by atoms with van der Waals surface area (Å²) in [4.78, 5) is 16.4. The lowest BCUT2D eigenvalue weighted by molar-refractivity contribution is -0.122. The summed E-state index contributed by atoms with van der Waals surface area (Å²) in [6.07, 6.45) is 5.39. The van der Waals surface area contributed by atoms with Crippen LogP contribution < -0.4 is 11.1 Å². The Morgan fingerprint density at radius 2 is 2.39 bits per heavy atom. The Hall–Kier alpha value is -1.42. The Morgan fingerprint density at radius 3 is 3.06 bits per heavy atom. The molecule has 0 spiro atoms. The number of nitrogens with two attached hydrogens (primary N) is 1. The van der Waals surface area contributed by atoms with E-state index in [1.54, 1.807) is 6.20 Å². The number of nitrogens with one attached hydrogen (secondary N) is 1. The van der Waals surface area contributed by atoms with Crippen LogP contribution in [0.2, 0.25) is 0 Å². The number of aryl methyl sites for hydroxylation is 1. The topological polar surface area (TPSA) is 68.0 Å². The Morgan fingerprint density at radius 1 is 1.61 bits per heavy atom. The second-order valence-electron chi connectivity index (χ2n) is 5.53. The van der Waals surface area contributed by atoms with E-state index in [0.717, 1.165) is 31.2 Å². The SMILES string of the molecule is Cc1ccnc(NC(=O)C2(N)CCCC(C)C2)c1. The molecule has 1 aromatic rings. The van der Waals surface area contributed by atoms with Gasteiger partial charge >= 0.3 is 0 Å². The molecule has 2 atom stereocenters. The molecule has 1 saturated carbocycles. The van der Waals surface area contributed by atoms with Crippen molar-refractivity contribution in [2.45, 2.75) is 45.1 Å². The Balaban J connectivity index is 2.07. The van der Waals surface area contributed by atoms with Crippen LogP contribution in [0.5, 0.6) is 0 Å². The van der Waals surface area contributed by atoms with Gasteiger partial charge in [-0.05, 0) is 43.4 Å². The van der Waals surface area contributed by atoms with Crippen molar-refractivity contribution in [1.82, 2.24) is 4.98 Å². The third-order valence-electron chi connectivity index (χ3n) is 3.64. The van der Waals surface area contributed by atoms with E-state index in [2.05, 4.69) is 17.2 Å². The van der Waals surface area contributed by atoms with Gasteiger partial charge in [-0.1, -0.05) is 19.8 Å². The lowest BCUT2D eigenvalue weighted by Gasteiger charge is -2.35. The van der Waals surface area contributed by atoms with Crippen molar-refractivity contribution in [3.63, 3.8) is 0 Å². The molecule has 1 aromatic heterocycles. The number of anilines is 1. The summed E-state index contributed by atoms with van der Waals surface area (Å²) in [6.45, 7) is 4.12. The molecule has 0 aromatic carbocycles. The third kappa shape index (κ3) is 2.88. The minimum Gasteiger partial charge on any atom is -0.317 e. The van der Waals surface area contributed by atoms with Crippen molar-refractivity contribution in [3.05, 3.63) is 23.9 Å². The van der Waals surface area contributed by atoms with Crippen LogP contribution in [0.4, 0.5) is 5.82 Å². The standard InChI is InChI=1S/C14H21N3O/c1-10-5-7-16-12(8-10)17-13(18)14(15)6-3-4-11(2)9-14/h5,7-8,11H,3-4,6,9,15H2,1-2H3,(H,16,17,18). The maximum absolute atomic E-state index is 12.3. The van der Waals surface area contributed by atoms with Crippen molar-refractivity contribution < 1.29 is 4.79 Å². The van der Waals surface area contributed by atoms with E-state index in [1.165, 1.54) is 0 Å². The number of carbonyl (C=O) groups is 1. The van der Waals surface area contributed by atoms with E-state index in [4.69, 9.17) is 5.73 Å². The van der Waals surface area contributed by atoms with Crippen molar-refractivity contribution in [2.24, 2.45) is 11.7 Å². The van der Waals surface area contributed by atoms with Gasteiger partial charge in [0.15, 0.2) is 0 Å². The quantitative estimate of drug-likeness (QED) is 0.842. The highest BCUT2D eigenvalue weighted by Crippen LogP contribution is 2.31. The van der Waals surface area contributed by atoms with Gasteiger partial charge in [-0.3, -0.25) is 4.79 Å². The van der Waals surface area contributed by atoms with Crippen LogP contribution >= 0.6 is 0 Å². The van der Waals surface area contributed by atoms with Crippen molar-refractivity contribution in [2.75, 3.05) is 5.32 Å². The van der Waals surface area contributed by atoms with Gasteiger partial charge in [0.2, 0.25) is 5.91 Å². The van der Waals surface area contributed by atoms with Crippen LogP contribution in [-0.2, 0) is 4.79 Å². The molecule has 0 saturated heterocycles. The third-order valence-corrected chi connectivity index (χ3v) is 3.64. The summed E-state index contributed by atoms with van der Waals surface area (Å²) in [7, 11) is 0. The van der Waals surface area contributed by atoms with Crippen LogP contribution in [-0.4, -0.2) is 16.4 Å². The maximum Gasteiger partial charge on any atom is 0.245 e. The van der Waals surface area contributed by atoms with Gasteiger partial charge < -0.3 is 11.1 Å². The number of aromatic nitrogens is 1. The molecule has 4 nitrogen and oxygen atoms in total. The van der Waals surface area contributed by atoms with Crippen LogP contribution in [0.3, 0.4) is 0 Å². The molecule has 18 heavy (non-hydrogen) atoms. The zero-order chi connectivity index (χ0) is 13.2. The summed E-state index contributed by atoms with van der Waals surface area (Å²) >= 11 is 0. The van der Waals surface area contributed by atoms with Crippen LogP contribution in [0.25, 0.3) is 0 Å². The predicted octanol–water partition coefficient (Wildman–Crippen LogP) is 2.24. The highest BCUT2D eigenvalue weighted by atomic mass is 16.2. The number of hydrogen-bond acceptors (Lipinski definition) is 3. The van der Waals surface area contributed by atoms with Crippen molar-refractivity contribution in [3.8, 4) is 0 Å². The molecule has 4 heteroatoms. The van der Waals surface area contributed by atoms with Crippen LogP contribution in [0, 0.1) is 12.8 Å². The summed E-state index contributed by atoms with van der Waals surface area (Å²) in [6, 6.07) is 3.75. The van der Waals surface area contributed by atoms with E-state index in [9.17, 15) is 4.79 Å². The number of carbonyl (C=O) groups excluding carboxylic acids is 1. The van der Waals surface area contributed by atoms with Crippen LogP contribution in [0.15, 0.2) is 18.3 Å². The molecule has 0 radical (unpaired) electrons. The fourth-order valence-electron chi connectivity index (χ4n) is 2.64. The minimum atomic E-state index is -0.733. The van der Waals surface area contributed by atoms with E-state index in [1.807, 2.05) is 19.1 Å².